The average Bonchev–Trinajstić information content (AvgIpc) is 3.41. The summed E-state index contributed by atoms with van der Waals surface area (Å²) in [6, 6.07) is 17.1. The lowest BCUT2D eigenvalue weighted by Gasteiger charge is -2.31. The van der Waals surface area contributed by atoms with Gasteiger partial charge in [0.1, 0.15) is 0 Å². The van der Waals surface area contributed by atoms with Crippen LogP contribution in [0.1, 0.15) is 76.0 Å². The summed E-state index contributed by atoms with van der Waals surface area (Å²) in [5.41, 5.74) is 4.82. The zero-order chi connectivity index (χ0) is 28.1. The van der Waals surface area contributed by atoms with E-state index in [1.807, 2.05) is 0 Å². The molecular weight excluding hydrogens is 498 g/mol. The molecule has 2 aliphatic heterocycles. The summed E-state index contributed by atoms with van der Waals surface area (Å²) in [5.74, 6) is 2.09. The highest BCUT2D eigenvalue weighted by Gasteiger charge is 2.27. The molecule has 214 valence electrons. The Hall–Kier alpha value is -3.03. The van der Waals surface area contributed by atoms with Gasteiger partial charge < -0.3 is 9.84 Å². The zero-order valence-electron chi connectivity index (χ0n) is 24.7. The topological polar surface area (TPSA) is 74.5 Å². The second-order valence-electron chi connectivity index (χ2n) is 12.9. The number of nitrogens with one attached hydrogen (secondary N) is 1. The van der Waals surface area contributed by atoms with E-state index in [1.54, 1.807) is 0 Å². The highest BCUT2D eigenvalue weighted by Crippen LogP contribution is 2.26. The van der Waals surface area contributed by atoms with Gasteiger partial charge in [0.25, 0.3) is 0 Å². The monoisotopic (exact) mass is 543 g/mol. The fourth-order valence-corrected chi connectivity index (χ4v) is 5.94. The molecule has 0 radical (unpaired) electrons. The number of carbonyl (C=O) groups is 1. The summed E-state index contributed by atoms with van der Waals surface area (Å²) in [4.78, 5) is 22.5. The summed E-state index contributed by atoms with van der Waals surface area (Å²) in [6.07, 6.45) is 4.53. The van der Waals surface area contributed by atoms with Crippen molar-refractivity contribution in [2.45, 2.75) is 78.4 Å². The van der Waals surface area contributed by atoms with E-state index in [0.717, 1.165) is 43.0 Å². The van der Waals surface area contributed by atoms with Crippen molar-refractivity contribution in [3.05, 3.63) is 71.1 Å². The molecule has 0 aliphatic carbocycles. The van der Waals surface area contributed by atoms with Gasteiger partial charge in [-0.15, -0.1) is 0 Å². The smallest absolute Gasteiger partial charge is 0.241 e. The van der Waals surface area contributed by atoms with Crippen LogP contribution in [0.2, 0.25) is 0 Å². The predicted octanol–water partition coefficient (Wildman–Crippen LogP) is 5.79. The van der Waals surface area contributed by atoms with E-state index >= 15 is 0 Å². The maximum Gasteiger partial charge on any atom is 0.241 e. The van der Waals surface area contributed by atoms with Crippen LogP contribution in [0.3, 0.4) is 0 Å². The minimum Gasteiger partial charge on any atom is -0.352 e. The van der Waals surface area contributed by atoms with Crippen LogP contribution in [0, 0.1) is 11.8 Å². The van der Waals surface area contributed by atoms with Crippen molar-refractivity contribution in [2.24, 2.45) is 11.8 Å². The molecule has 3 aromatic rings. The minimum absolute atomic E-state index is 0.0264. The Balaban J connectivity index is 1.09. The second-order valence-corrected chi connectivity index (χ2v) is 12.9. The van der Waals surface area contributed by atoms with Gasteiger partial charge in [-0.1, -0.05) is 81.4 Å². The lowest BCUT2D eigenvalue weighted by molar-refractivity contribution is -0.127. The second kappa shape index (κ2) is 12.6. The Morgan fingerprint density at radius 1 is 0.925 bits per heavy atom. The molecule has 2 atom stereocenters. The van der Waals surface area contributed by atoms with Crippen molar-refractivity contribution in [2.75, 3.05) is 26.2 Å². The van der Waals surface area contributed by atoms with Gasteiger partial charge in [-0.25, -0.2) is 0 Å². The molecule has 2 aromatic carbocycles. The standard InChI is InChI=1S/C33H45N5O2/c1-24-7-5-17-37(20-24)21-26-11-9-25(10-12-26)19-34-32(39)28-8-6-18-38(22-28)23-30-35-31(36-40-30)27-13-15-29(16-14-27)33(2,3)4/h9-16,24,28H,5-8,17-23H2,1-4H3,(H,34,39). The summed E-state index contributed by atoms with van der Waals surface area (Å²) in [5, 5.41) is 7.38. The van der Waals surface area contributed by atoms with Crippen molar-refractivity contribution < 1.29 is 9.32 Å². The molecule has 1 N–H and O–H groups in total. The third-order valence-electron chi connectivity index (χ3n) is 8.35. The van der Waals surface area contributed by atoms with Crippen LogP contribution in [-0.4, -0.2) is 52.0 Å². The lowest BCUT2D eigenvalue weighted by atomic mass is 9.87. The highest BCUT2D eigenvalue weighted by molar-refractivity contribution is 5.79. The largest absolute Gasteiger partial charge is 0.352 e. The molecule has 2 unspecified atom stereocenters. The van der Waals surface area contributed by atoms with Crippen molar-refractivity contribution in [1.29, 1.82) is 0 Å². The van der Waals surface area contributed by atoms with Crippen molar-refractivity contribution in [1.82, 2.24) is 25.3 Å². The van der Waals surface area contributed by atoms with Gasteiger partial charge in [-0.2, -0.15) is 4.98 Å². The van der Waals surface area contributed by atoms with E-state index in [2.05, 4.69) is 101 Å². The number of hydrogen-bond donors (Lipinski definition) is 1. The molecular formula is C33H45N5O2. The molecule has 2 saturated heterocycles. The summed E-state index contributed by atoms with van der Waals surface area (Å²) >= 11 is 0. The average molecular weight is 544 g/mol. The molecule has 1 aromatic heterocycles. The summed E-state index contributed by atoms with van der Waals surface area (Å²) in [6.45, 7) is 15.1. The van der Waals surface area contributed by atoms with Crippen molar-refractivity contribution >= 4 is 5.91 Å². The molecule has 2 aliphatic rings. The number of rotatable bonds is 8. The third kappa shape index (κ3) is 7.58. The molecule has 3 heterocycles. The number of likely N-dealkylation sites (tertiary alicyclic amines) is 2. The number of aromatic nitrogens is 2. The molecule has 40 heavy (non-hydrogen) atoms. The van der Waals surface area contributed by atoms with Gasteiger partial charge in [-0.3, -0.25) is 14.6 Å². The number of nitrogens with zero attached hydrogens (tertiary/aromatic N) is 4. The SMILES string of the molecule is CC1CCCN(Cc2ccc(CNC(=O)C3CCCN(Cc4nc(-c5ccc(C(C)(C)C)cc5)no4)C3)cc2)C1. The Bertz CT molecular complexity index is 1250. The number of amides is 1. The van der Waals surface area contributed by atoms with Crippen molar-refractivity contribution in [3.63, 3.8) is 0 Å². The fourth-order valence-electron chi connectivity index (χ4n) is 5.94. The molecule has 7 nitrogen and oxygen atoms in total. The Kier molecular flexibility index (Phi) is 9.01. The summed E-state index contributed by atoms with van der Waals surface area (Å²) < 4.78 is 5.58. The lowest BCUT2D eigenvalue weighted by Crippen LogP contribution is -2.42. The van der Waals surface area contributed by atoms with Crippen LogP contribution in [0.15, 0.2) is 53.1 Å². The first-order valence-corrected chi connectivity index (χ1v) is 15.0. The molecule has 5 rings (SSSR count). The van der Waals surface area contributed by atoms with Gasteiger partial charge in [0.05, 0.1) is 12.5 Å². The number of carbonyl (C=O) groups excluding carboxylic acids is 1. The van der Waals surface area contributed by atoms with Gasteiger partial charge in [0, 0.05) is 31.7 Å². The highest BCUT2D eigenvalue weighted by atomic mass is 16.5. The molecule has 0 bridgehead atoms. The van der Waals surface area contributed by atoms with E-state index in [4.69, 9.17) is 4.52 Å². The van der Waals surface area contributed by atoms with Gasteiger partial charge >= 0.3 is 0 Å². The predicted molar refractivity (Wildman–Crippen MR) is 158 cm³/mol. The molecule has 0 saturated carbocycles. The molecule has 2 fully saturated rings. The van der Waals surface area contributed by atoms with E-state index < -0.39 is 0 Å². The minimum atomic E-state index is -0.0264. The first-order chi connectivity index (χ1) is 19.2. The normalized spacial score (nSPS) is 20.9. The van der Waals surface area contributed by atoms with Gasteiger partial charge in [0.15, 0.2) is 0 Å². The fraction of sp³-hybridized carbons (Fsp3) is 0.545. The van der Waals surface area contributed by atoms with E-state index in [0.29, 0.717) is 31.3 Å². The van der Waals surface area contributed by atoms with Crippen LogP contribution >= 0.6 is 0 Å². The van der Waals surface area contributed by atoms with E-state index in [9.17, 15) is 4.79 Å². The quantitative estimate of drug-likeness (QED) is 0.387. The van der Waals surface area contributed by atoms with Gasteiger partial charge in [0.2, 0.25) is 17.6 Å². The first-order valence-electron chi connectivity index (χ1n) is 15.0. The molecule has 7 heteroatoms. The van der Waals surface area contributed by atoms with Crippen LogP contribution in [0.25, 0.3) is 11.4 Å². The Labute approximate surface area is 239 Å². The van der Waals surface area contributed by atoms with Crippen LogP contribution in [0.5, 0.6) is 0 Å². The zero-order valence-corrected chi connectivity index (χ0v) is 24.7. The molecule has 1 amide bonds. The van der Waals surface area contributed by atoms with Gasteiger partial charge in [-0.05, 0) is 66.8 Å². The number of piperidine rings is 2. The summed E-state index contributed by atoms with van der Waals surface area (Å²) in [7, 11) is 0. The Morgan fingerprint density at radius 3 is 2.30 bits per heavy atom. The van der Waals surface area contributed by atoms with Crippen LogP contribution in [0.4, 0.5) is 0 Å². The first kappa shape index (κ1) is 28.5. The third-order valence-corrected chi connectivity index (χ3v) is 8.35. The van der Waals surface area contributed by atoms with E-state index in [-0.39, 0.29) is 17.2 Å². The van der Waals surface area contributed by atoms with Crippen LogP contribution in [-0.2, 0) is 29.8 Å². The maximum absolute atomic E-state index is 13.0. The van der Waals surface area contributed by atoms with Crippen LogP contribution < -0.4 is 5.32 Å². The van der Waals surface area contributed by atoms with Crippen molar-refractivity contribution in [3.8, 4) is 11.4 Å². The maximum atomic E-state index is 13.0. The van der Waals surface area contributed by atoms with E-state index in [1.165, 1.54) is 37.1 Å². The molecule has 0 spiro atoms. The Morgan fingerprint density at radius 2 is 1.60 bits per heavy atom. The number of hydrogen-bond acceptors (Lipinski definition) is 6. The number of benzene rings is 2.